The van der Waals surface area contributed by atoms with Crippen molar-refractivity contribution in [3.8, 4) is 0 Å². The molecule has 0 spiro atoms. The monoisotopic (exact) mass is 285 g/mol. The maximum atomic E-state index is 12.3. The molecule has 1 fully saturated rings. The van der Waals surface area contributed by atoms with E-state index in [9.17, 15) is 4.79 Å². The van der Waals surface area contributed by atoms with E-state index in [1.807, 2.05) is 11.8 Å². The second kappa shape index (κ2) is 5.04. The third-order valence-electron chi connectivity index (χ3n) is 2.87. The van der Waals surface area contributed by atoms with Crippen molar-refractivity contribution < 1.29 is 9.21 Å². The average Bonchev–Trinajstić information content (AvgIpc) is 3.01. The second-order valence-electron chi connectivity index (χ2n) is 4.03. The van der Waals surface area contributed by atoms with Gasteiger partial charge in [0.1, 0.15) is 5.76 Å². The standard InChI is InChI=1S/C12H16BrNO2/c1-2-11-10(5-8-16-11)12(15)14(7-6-13)9-3-4-9/h5,8-9H,2-4,6-7H2,1H3. The number of hydrogen-bond donors (Lipinski definition) is 0. The summed E-state index contributed by atoms with van der Waals surface area (Å²) in [6.07, 6.45) is 4.64. The van der Waals surface area contributed by atoms with Crippen LogP contribution in [0.25, 0.3) is 0 Å². The first-order chi connectivity index (χ1) is 7.77. The zero-order valence-corrected chi connectivity index (χ0v) is 11.0. The fourth-order valence-electron chi connectivity index (χ4n) is 1.89. The molecule has 0 bridgehead atoms. The Bertz CT molecular complexity index is 371. The number of halogens is 1. The van der Waals surface area contributed by atoms with Crippen LogP contribution in [0.3, 0.4) is 0 Å². The van der Waals surface area contributed by atoms with E-state index in [4.69, 9.17) is 4.42 Å². The summed E-state index contributed by atoms with van der Waals surface area (Å²) in [4.78, 5) is 14.3. The third-order valence-corrected chi connectivity index (χ3v) is 3.23. The van der Waals surface area contributed by atoms with E-state index in [1.54, 1.807) is 12.3 Å². The maximum absolute atomic E-state index is 12.3. The fourth-order valence-corrected chi connectivity index (χ4v) is 2.27. The van der Waals surface area contributed by atoms with Gasteiger partial charge in [0.15, 0.2) is 0 Å². The highest BCUT2D eigenvalue weighted by atomic mass is 79.9. The lowest BCUT2D eigenvalue weighted by Crippen LogP contribution is -2.34. The molecule has 2 rings (SSSR count). The van der Waals surface area contributed by atoms with Gasteiger partial charge in [0.25, 0.3) is 5.91 Å². The summed E-state index contributed by atoms with van der Waals surface area (Å²) < 4.78 is 5.30. The topological polar surface area (TPSA) is 33.5 Å². The van der Waals surface area contributed by atoms with Crippen molar-refractivity contribution in [3.63, 3.8) is 0 Å². The first-order valence-electron chi connectivity index (χ1n) is 5.71. The second-order valence-corrected chi connectivity index (χ2v) is 4.82. The Balaban J connectivity index is 2.15. The molecule has 0 unspecified atom stereocenters. The molecule has 1 heterocycles. The van der Waals surface area contributed by atoms with E-state index in [0.29, 0.717) is 6.04 Å². The summed E-state index contributed by atoms with van der Waals surface area (Å²) in [6, 6.07) is 2.23. The first-order valence-corrected chi connectivity index (χ1v) is 6.83. The minimum Gasteiger partial charge on any atom is -0.469 e. The van der Waals surface area contributed by atoms with Crippen LogP contribution in [0.15, 0.2) is 16.7 Å². The third kappa shape index (κ3) is 2.32. The molecule has 1 aromatic rings. The van der Waals surface area contributed by atoms with E-state index in [-0.39, 0.29) is 5.91 Å². The first kappa shape index (κ1) is 11.7. The van der Waals surface area contributed by atoms with E-state index in [1.165, 1.54) is 0 Å². The lowest BCUT2D eigenvalue weighted by atomic mass is 10.2. The Kier molecular flexibility index (Phi) is 3.69. The van der Waals surface area contributed by atoms with Crippen LogP contribution in [-0.2, 0) is 6.42 Å². The van der Waals surface area contributed by atoms with Crippen LogP contribution in [-0.4, -0.2) is 28.7 Å². The summed E-state index contributed by atoms with van der Waals surface area (Å²) in [5.74, 6) is 0.915. The minimum atomic E-state index is 0.118. The molecule has 1 amide bonds. The van der Waals surface area contributed by atoms with Crippen LogP contribution in [0, 0.1) is 0 Å². The molecule has 88 valence electrons. The van der Waals surface area contributed by atoms with Crippen LogP contribution in [0.4, 0.5) is 0 Å². The Hall–Kier alpha value is -0.770. The number of carbonyl (C=O) groups is 1. The van der Waals surface area contributed by atoms with Gasteiger partial charge in [0.2, 0.25) is 0 Å². The molecule has 1 saturated carbocycles. The predicted octanol–water partition coefficient (Wildman–Crippen LogP) is 2.84. The zero-order valence-electron chi connectivity index (χ0n) is 9.41. The van der Waals surface area contributed by atoms with Crippen LogP contribution in [0.1, 0.15) is 35.9 Å². The molecule has 0 aliphatic heterocycles. The summed E-state index contributed by atoms with van der Waals surface area (Å²) in [5.41, 5.74) is 0.732. The largest absolute Gasteiger partial charge is 0.469 e. The molecule has 1 aliphatic carbocycles. The van der Waals surface area contributed by atoms with Gasteiger partial charge in [0, 0.05) is 24.3 Å². The highest BCUT2D eigenvalue weighted by Crippen LogP contribution is 2.29. The van der Waals surface area contributed by atoms with Gasteiger partial charge in [-0.3, -0.25) is 4.79 Å². The molecule has 0 atom stereocenters. The fraction of sp³-hybridized carbons (Fsp3) is 0.583. The predicted molar refractivity (Wildman–Crippen MR) is 65.9 cm³/mol. The minimum absolute atomic E-state index is 0.118. The number of hydrogen-bond acceptors (Lipinski definition) is 2. The number of aryl methyl sites for hydroxylation is 1. The number of amides is 1. The maximum Gasteiger partial charge on any atom is 0.257 e. The summed E-state index contributed by atoms with van der Waals surface area (Å²) in [5, 5.41) is 0.828. The Morgan fingerprint density at radius 1 is 1.62 bits per heavy atom. The van der Waals surface area contributed by atoms with Gasteiger partial charge in [-0.2, -0.15) is 0 Å². The molecule has 3 nitrogen and oxygen atoms in total. The molecular formula is C12H16BrNO2. The van der Waals surface area contributed by atoms with Crippen molar-refractivity contribution in [2.75, 3.05) is 11.9 Å². The number of alkyl halides is 1. The summed E-state index contributed by atoms with van der Waals surface area (Å²) in [7, 11) is 0. The Morgan fingerprint density at radius 2 is 2.38 bits per heavy atom. The van der Waals surface area contributed by atoms with Gasteiger partial charge in [-0.25, -0.2) is 0 Å². The average molecular weight is 286 g/mol. The number of rotatable bonds is 5. The smallest absolute Gasteiger partial charge is 0.257 e. The van der Waals surface area contributed by atoms with Crippen molar-refractivity contribution in [2.24, 2.45) is 0 Å². The number of nitrogens with zero attached hydrogens (tertiary/aromatic N) is 1. The van der Waals surface area contributed by atoms with E-state index < -0.39 is 0 Å². The van der Waals surface area contributed by atoms with Crippen molar-refractivity contribution >= 4 is 21.8 Å². The molecule has 0 saturated heterocycles. The van der Waals surface area contributed by atoms with Crippen molar-refractivity contribution in [1.82, 2.24) is 4.90 Å². The highest BCUT2D eigenvalue weighted by molar-refractivity contribution is 9.09. The normalized spacial score (nSPS) is 15.1. The van der Waals surface area contributed by atoms with Crippen LogP contribution >= 0.6 is 15.9 Å². The number of furan rings is 1. The van der Waals surface area contributed by atoms with Gasteiger partial charge in [0.05, 0.1) is 11.8 Å². The highest BCUT2D eigenvalue weighted by Gasteiger charge is 2.33. The van der Waals surface area contributed by atoms with Crippen LogP contribution < -0.4 is 0 Å². The van der Waals surface area contributed by atoms with E-state index in [2.05, 4.69) is 15.9 Å². The lowest BCUT2D eigenvalue weighted by Gasteiger charge is -2.21. The van der Waals surface area contributed by atoms with Gasteiger partial charge in [-0.15, -0.1) is 0 Å². The van der Waals surface area contributed by atoms with Crippen molar-refractivity contribution in [3.05, 3.63) is 23.7 Å². The molecule has 1 aliphatic rings. The van der Waals surface area contributed by atoms with E-state index in [0.717, 1.165) is 42.5 Å². The van der Waals surface area contributed by atoms with Gasteiger partial charge in [-0.05, 0) is 18.9 Å². The number of carbonyl (C=O) groups excluding carboxylic acids is 1. The van der Waals surface area contributed by atoms with Crippen LogP contribution in [0.2, 0.25) is 0 Å². The van der Waals surface area contributed by atoms with Gasteiger partial charge < -0.3 is 9.32 Å². The molecule has 0 radical (unpaired) electrons. The van der Waals surface area contributed by atoms with Crippen molar-refractivity contribution in [1.29, 1.82) is 0 Å². The lowest BCUT2D eigenvalue weighted by molar-refractivity contribution is 0.0752. The van der Waals surface area contributed by atoms with Crippen LogP contribution in [0.5, 0.6) is 0 Å². The SMILES string of the molecule is CCc1occc1C(=O)N(CCBr)C1CC1. The molecule has 0 aromatic carbocycles. The summed E-state index contributed by atoms with van der Waals surface area (Å²) in [6.45, 7) is 2.78. The summed E-state index contributed by atoms with van der Waals surface area (Å²) >= 11 is 3.40. The molecule has 1 aromatic heterocycles. The molecular weight excluding hydrogens is 270 g/mol. The quantitative estimate of drug-likeness (QED) is 0.780. The Labute approximate surface area is 104 Å². The van der Waals surface area contributed by atoms with Crippen molar-refractivity contribution in [2.45, 2.75) is 32.2 Å². The van der Waals surface area contributed by atoms with Gasteiger partial charge >= 0.3 is 0 Å². The molecule has 4 heteroatoms. The molecule has 0 N–H and O–H groups in total. The van der Waals surface area contributed by atoms with Gasteiger partial charge in [-0.1, -0.05) is 22.9 Å². The zero-order chi connectivity index (χ0) is 11.5. The Morgan fingerprint density at radius 3 is 2.94 bits per heavy atom. The van der Waals surface area contributed by atoms with E-state index >= 15 is 0 Å². The molecule has 16 heavy (non-hydrogen) atoms.